The highest BCUT2D eigenvalue weighted by Crippen LogP contribution is 2.21. The molecule has 0 unspecified atom stereocenters. The molecule has 2 aromatic rings. The molecule has 0 heterocycles. The molecule has 0 aliphatic carbocycles. The number of esters is 1. The Morgan fingerprint density at radius 3 is 2.48 bits per heavy atom. The summed E-state index contributed by atoms with van der Waals surface area (Å²) in [7, 11) is -2.59. The summed E-state index contributed by atoms with van der Waals surface area (Å²) in [5, 5.41) is 0. The Kier molecular flexibility index (Phi) is 5.82. The third-order valence-electron chi connectivity index (χ3n) is 3.40. The fourth-order valence-electron chi connectivity index (χ4n) is 2.09. The van der Waals surface area contributed by atoms with E-state index in [0.717, 1.165) is 0 Å². The van der Waals surface area contributed by atoms with Crippen molar-refractivity contribution in [2.75, 3.05) is 18.4 Å². The molecule has 2 aromatic carbocycles. The first kappa shape index (κ1) is 18.5. The van der Waals surface area contributed by atoms with E-state index in [0.29, 0.717) is 23.6 Å². The Bertz CT molecular complexity index is 873. The van der Waals surface area contributed by atoms with Crippen molar-refractivity contribution >= 4 is 21.7 Å². The number of carbonyl (C=O) groups is 1. The van der Waals surface area contributed by atoms with Gasteiger partial charge in [-0.2, -0.15) is 0 Å². The smallest absolute Gasteiger partial charge is 0.338 e. The van der Waals surface area contributed by atoms with Crippen LogP contribution in [0.5, 0.6) is 5.75 Å². The molecule has 0 atom stereocenters. The topological polar surface area (TPSA) is 81.7 Å². The van der Waals surface area contributed by atoms with Crippen LogP contribution in [-0.2, 0) is 14.8 Å². The molecule has 6 nitrogen and oxygen atoms in total. The summed E-state index contributed by atoms with van der Waals surface area (Å²) in [6, 6.07) is 10.8. The fraction of sp³-hybridized carbons (Fsp3) is 0.167. The number of methoxy groups -OCH3 is 1. The highest BCUT2D eigenvalue weighted by molar-refractivity contribution is 7.92. The predicted octanol–water partition coefficient (Wildman–Crippen LogP) is 3.15. The minimum atomic E-state index is -3.84. The SMILES string of the molecule is C=CCOc1ccc(NS(=O)(=O)c2ccc(C)c(C(=O)OC)c2)cc1. The average Bonchev–Trinajstić information content (AvgIpc) is 2.60. The molecule has 0 aliphatic rings. The number of benzene rings is 2. The van der Waals surface area contributed by atoms with Gasteiger partial charge in [0.15, 0.2) is 0 Å². The van der Waals surface area contributed by atoms with Gasteiger partial charge in [-0.1, -0.05) is 18.7 Å². The lowest BCUT2D eigenvalue weighted by Gasteiger charge is -2.11. The lowest BCUT2D eigenvalue weighted by Crippen LogP contribution is -2.14. The Morgan fingerprint density at radius 2 is 1.88 bits per heavy atom. The molecule has 0 saturated carbocycles. The molecule has 0 amide bonds. The number of ether oxygens (including phenoxy) is 2. The Morgan fingerprint density at radius 1 is 1.20 bits per heavy atom. The van der Waals surface area contributed by atoms with Crippen LogP contribution in [0, 0.1) is 6.92 Å². The van der Waals surface area contributed by atoms with Crippen LogP contribution in [0.1, 0.15) is 15.9 Å². The van der Waals surface area contributed by atoms with Crippen LogP contribution in [0.3, 0.4) is 0 Å². The van der Waals surface area contributed by atoms with E-state index in [4.69, 9.17) is 4.74 Å². The summed E-state index contributed by atoms with van der Waals surface area (Å²) in [5.74, 6) is 0.0180. The van der Waals surface area contributed by atoms with Gasteiger partial charge in [0.2, 0.25) is 0 Å². The maximum absolute atomic E-state index is 12.5. The van der Waals surface area contributed by atoms with Gasteiger partial charge >= 0.3 is 5.97 Å². The Labute approximate surface area is 147 Å². The van der Waals surface area contributed by atoms with Gasteiger partial charge < -0.3 is 9.47 Å². The molecule has 0 saturated heterocycles. The van der Waals surface area contributed by atoms with Crippen molar-refractivity contribution in [3.05, 3.63) is 66.2 Å². The lowest BCUT2D eigenvalue weighted by atomic mass is 10.1. The molecule has 25 heavy (non-hydrogen) atoms. The Hall–Kier alpha value is -2.80. The highest BCUT2D eigenvalue weighted by Gasteiger charge is 2.18. The number of sulfonamides is 1. The van der Waals surface area contributed by atoms with Gasteiger partial charge in [0.1, 0.15) is 12.4 Å². The molecule has 2 rings (SSSR count). The van der Waals surface area contributed by atoms with Crippen LogP contribution in [0.15, 0.2) is 60.0 Å². The summed E-state index contributed by atoms with van der Waals surface area (Å²) in [4.78, 5) is 11.7. The highest BCUT2D eigenvalue weighted by atomic mass is 32.2. The van der Waals surface area contributed by atoms with E-state index in [9.17, 15) is 13.2 Å². The minimum absolute atomic E-state index is 0.0227. The van der Waals surface area contributed by atoms with Crippen LogP contribution < -0.4 is 9.46 Å². The van der Waals surface area contributed by atoms with Crippen molar-refractivity contribution in [1.29, 1.82) is 0 Å². The van der Waals surface area contributed by atoms with E-state index >= 15 is 0 Å². The zero-order valence-electron chi connectivity index (χ0n) is 14.0. The zero-order valence-corrected chi connectivity index (χ0v) is 14.8. The van der Waals surface area contributed by atoms with Crippen LogP contribution >= 0.6 is 0 Å². The summed E-state index contributed by atoms with van der Waals surface area (Å²) < 4.78 is 37.5. The third-order valence-corrected chi connectivity index (χ3v) is 4.78. The number of hydrogen-bond acceptors (Lipinski definition) is 5. The van der Waals surface area contributed by atoms with Crippen LogP contribution in [0.4, 0.5) is 5.69 Å². The van der Waals surface area contributed by atoms with Gasteiger partial charge in [-0.25, -0.2) is 13.2 Å². The first-order valence-corrected chi connectivity index (χ1v) is 8.91. The summed E-state index contributed by atoms with van der Waals surface area (Å²) in [5.41, 5.74) is 1.22. The molecule has 7 heteroatoms. The second-order valence-corrected chi connectivity index (χ2v) is 6.88. The average molecular weight is 361 g/mol. The first-order valence-electron chi connectivity index (χ1n) is 7.43. The maximum Gasteiger partial charge on any atom is 0.338 e. The van der Waals surface area contributed by atoms with Gasteiger partial charge in [-0.05, 0) is 48.9 Å². The van der Waals surface area contributed by atoms with E-state index in [2.05, 4.69) is 16.0 Å². The number of hydrogen-bond donors (Lipinski definition) is 1. The lowest BCUT2D eigenvalue weighted by molar-refractivity contribution is 0.0599. The predicted molar refractivity (Wildman–Crippen MR) is 95.5 cm³/mol. The Balaban J connectivity index is 2.24. The van der Waals surface area contributed by atoms with Crippen molar-refractivity contribution in [2.45, 2.75) is 11.8 Å². The van der Waals surface area contributed by atoms with Crippen molar-refractivity contribution in [3.8, 4) is 5.75 Å². The fourth-order valence-corrected chi connectivity index (χ4v) is 3.17. The van der Waals surface area contributed by atoms with Crippen molar-refractivity contribution < 1.29 is 22.7 Å². The van der Waals surface area contributed by atoms with Crippen molar-refractivity contribution in [1.82, 2.24) is 0 Å². The zero-order chi connectivity index (χ0) is 18.4. The molecular weight excluding hydrogens is 342 g/mol. The quantitative estimate of drug-likeness (QED) is 0.605. The summed E-state index contributed by atoms with van der Waals surface area (Å²) in [6.07, 6.45) is 1.62. The first-order chi connectivity index (χ1) is 11.9. The maximum atomic E-state index is 12.5. The molecule has 132 valence electrons. The normalized spacial score (nSPS) is 10.8. The van der Waals surface area contributed by atoms with Gasteiger partial charge in [-0.15, -0.1) is 0 Å². The monoisotopic (exact) mass is 361 g/mol. The molecule has 1 N–H and O–H groups in total. The van der Waals surface area contributed by atoms with E-state index in [1.807, 2.05) is 0 Å². The molecule has 0 bridgehead atoms. The van der Waals surface area contributed by atoms with E-state index < -0.39 is 16.0 Å². The van der Waals surface area contributed by atoms with E-state index in [1.165, 1.54) is 19.2 Å². The number of anilines is 1. The molecule has 0 aromatic heterocycles. The molecule has 0 aliphatic heterocycles. The summed E-state index contributed by atoms with van der Waals surface area (Å²) >= 11 is 0. The van der Waals surface area contributed by atoms with Gasteiger partial charge in [-0.3, -0.25) is 4.72 Å². The number of nitrogens with one attached hydrogen (secondary N) is 1. The number of aryl methyl sites for hydroxylation is 1. The van der Waals surface area contributed by atoms with Crippen LogP contribution in [-0.4, -0.2) is 28.1 Å². The van der Waals surface area contributed by atoms with Gasteiger partial charge in [0, 0.05) is 5.69 Å². The number of carbonyl (C=O) groups excluding carboxylic acids is 1. The molecule has 0 radical (unpaired) electrons. The van der Waals surface area contributed by atoms with Gasteiger partial charge in [0.25, 0.3) is 10.0 Å². The molecule has 0 spiro atoms. The number of rotatable bonds is 7. The van der Waals surface area contributed by atoms with Crippen LogP contribution in [0.2, 0.25) is 0 Å². The third kappa shape index (κ3) is 4.60. The largest absolute Gasteiger partial charge is 0.490 e. The molecular formula is C18H19NO5S. The van der Waals surface area contributed by atoms with Crippen molar-refractivity contribution in [3.63, 3.8) is 0 Å². The standard InChI is InChI=1S/C18H19NO5S/c1-4-11-24-15-8-6-14(7-9-15)19-25(21,22)16-10-5-13(2)17(12-16)18(20)23-3/h4-10,12,19H,1,11H2,2-3H3. The van der Waals surface area contributed by atoms with Crippen LogP contribution in [0.25, 0.3) is 0 Å². The molecule has 0 fully saturated rings. The van der Waals surface area contributed by atoms with Gasteiger partial charge in [0.05, 0.1) is 17.6 Å². The summed E-state index contributed by atoms with van der Waals surface area (Å²) in [6.45, 7) is 5.63. The van der Waals surface area contributed by atoms with E-state index in [-0.39, 0.29) is 10.5 Å². The second-order valence-electron chi connectivity index (χ2n) is 5.20. The van der Waals surface area contributed by atoms with Crippen molar-refractivity contribution in [2.24, 2.45) is 0 Å². The minimum Gasteiger partial charge on any atom is -0.490 e. The second kappa shape index (κ2) is 7.85. The van der Waals surface area contributed by atoms with E-state index in [1.54, 1.807) is 43.3 Å².